The average molecular weight is 291 g/mol. The summed E-state index contributed by atoms with van der Waals surface area (Å²) in [5.74, 6) is 0. The summed E-state index contributed by atoms with van der Waals surface area (Å²) in [4.78, 5) is 2.37. The third-order valence-corrected chi connectivity index (χ3v) is 4.19. The zero-order valence-corrected chi connectivity index (χ0v) is 12.5. The van der Waals surface area contributed by atoms with Gasteiger partial charge in [0, 0.05) is 36.0 Å². The van der Waals surface area contributed by atoms with Crippen molar-refractivity contribution in [2.75, 3.05) is 18.9 Å². The van der Waals surface area contributed by atoms with E-state index in [4.69, 9.17) is 11.6 Å². The number of anilines is 1. The molecule has 1 aliphatic rings. The quantitative estimate of drug-likeness (QED) is 0.943. The van der Waals surface area contributed by atoms with Crippen molar-refractivity contribution in [3.05, 3.63) is 41.7 Å². The Balaban J connectivity index is 1.87. The Kier molecular flexibility index (Phi) is 3.68. The minimum atomic E-state index is 0.447. The molecule has 1 aromatic carbocycles. The van der Waals surface area contributed by atoms with Crippen molar-refractivity contribution < 1.29 is 0 Å². The molecule has 2 aromatic rings. The highest BCUT2D eigenvalue weighted by Crippen LogP contribution is 2.27. The van der Waals surface area contributed by atoms with Crippen LogP contribution in [0, 0.1) is 0 Å². The molecule has 20 heavy (non-hydrogen) atoms. The number of likely N-dealkylation sites (tertiary alicyclic amines) is 1. The Morgan fingerprint density at radius 2 is 2.25 bits per heavy atom. The monoisotopic (exact) mass is 290 g/mol. The first-order valence-corrected chi connectivity index (χ1v) is 7.27. The van der Waals surface area contributed by atoms with Gasteiger partial charge in [0.25, 0.3) is 0 Å². The zero-order valence-electron chi connectivity index (χ0n) is 11.8. The number of rotatable bonds is 3. The lowest BCUT2D eigenvalue weighted by atomic mass is 10.1. The predicted molar refractivity (Wildman–Crippen MR) is 82.7 cm³/mol. The molecule has 2 atom stereocenters. The molecule has 0 spiro atoms. The van der Waals surface area contributed by atoms with E-state index in [-0.39, 0.29) is 0 Å². The number of nitrogens with one attached hydrogen (secondary N) is 1. The maximum Gasteiger partial charge on any atom is 0.0877 e. The SMILES string of the molecule is CC1CC(Nc2cc(Cl)ccc2-n2cccn2)CN1C. The van der Waals surface area contributed by atoms with Crippen LogP contribution in [0.2, 0.25) is 5.02 Å². The first-order valence-electron chi connectivity index (χ1n) is 6.90. The molecule has 3 rings (SSSR count). The summed E-state index contributed by atoms with van der Waals surface area (Å²) in [6, 6.07) is 8.85. The molecule has 0 bridgehead atoms. The molecule has 0 aliphatic carbocycles. The Morgan fingerprint density at radius 1 is 1.40 bits per heavy atom. The van der Waals surface area contributed by atoms with Gasteiger partial charge >= 0.3 is 0 Å². The fourth-order valence-electron chi connectivity index (χ4n) is 2.75. The number of nitrogens with zero attached hydrogens (tertiary/aromatic N) is 3. The van der Waals surface area contributed by atoms with Crippen molar-refractivity contribution in [1.29, 1.82) is 0 Å². The second-order valence-corrected chi connectivity index (χ2v) is 5.91. The van der Waals surface area contributed by atoms with Crippen LogP contribution in [0.3, 0.4) is 0 Å². The Labute approximate surface area is 124 Å². The molecule has 2 heterocycles. The number of hydrogen-bond donors (Lipinski definition) is 1. The number of likely N-dealkylation sites (N-methyl/N-ethyl adjacent to an activating group) is 1. The van der Waals surface area contributed by atoms with Crippen LogP contribution in [-0.4, -0.2) is 40.4 Å². The third-order valence-electron chi connectivity index (χ3n) is 3.96. The van der Waals surface area contributed by atoms with Crippen molar-refractivity contribution in [3.8, 4) is 5.69 Å². The maximum absolute atomic E-state index is 6.14. The van der Waals surface area contributed by atoms with Crippen LogP contribution in [0.4, 0.5) is 5.69 Å². The fraction of sp³-hybridized carbons (Fsp3) is 0.400. The molecule has 4 nitrogen and oxygen atoms in total. The van der Waals surface area contributed by atoms with Crippen LogP contribution in [0.25, 0.3) is 5.69 Å². The highest BCUT2D eigenvalue weighted by Gasteiger charge is 2.26. The normalized spacial score (nSPS) is 23.1. The molecule has 106 valence electrons. The molecule has 1 saturated heterocycles. The lowest BCUT2D eigenvalue weighted by Gasteiger charge is -2.17. The smallest absolute Gasteiger partial charge is 0.0877 e. The van der Waals surface area contributed by atoms with E-state index < -0.39 is 0 Å². The molecular weight excluding hydrogens is 272 g/mol. The minimum Gasteiger partial charge on any atom is -0.379 e. The largest absolute Gasteiger partial charge is 0.379 e. The first kappa shape index (κ1) is 13.5. The number of aromatic nitrogens is 2. The van der Waals surface area contributed by atoms with E-state index in [0.717, 1.165) is 29.4 Å². The Morgan fingerprint density at radius 3 is 2.90 bits per heavy atom. The van der Waals surface area contributed by atoms with E-state index in [2.05, 4.69) is 29.3 Å². The summed E-state index contributed by atoms with van der Waals surface area (Å²) < 4.78 is 1.86. The Bertz CT molecular complexity index is 572. The summed E-state index contributed by atoms with van der Waals surface area (Å²) >= 11 is 6.14. The average Bonchev–Trinajstić information content (AvgIpc) is 3.01. The highest BCUT2D eigenvalue weighted by atomic mass is 35.5. The van der Waals surface area contributed by atoms with Crippen LogP contribution in [-0.2, 0) is 0 Å². The van der Waals surface area contributed by atoms with Gasteiger partial charge in [-0.15, -0.1) is 0 Å². The molecule has 0 radical (unpaired) electrons. The van der Waals surface area contributed by atoms with Crippen LogP contribution in [0.15, 0.2) is 36.7 Å². The fourth-order valence-corrected chi connectivity index (χ4v) is 2.93. The summed E-state index contributed by atoms with van der Waals surface area (Å²) in [5, 5.41) is 8.66. The standard InChI is InChI=1S/C15H19ClN4/c1-11-8-13(10-19(11)2)18-14-9-12(16)4-5-15(14)20-7-3-6-17-20/h3-7,9,11,13,18H,8,10H2,1-2H3. The van der Waals surface area contributed by atoms with Gasteiger partial charge in [0.2, 0.25) is 0 Å². The topological polar surface area (TPSA) is 33.1 Å². The molecule has 0 amide bonds. The van der Waals surface area contributed by atoms with E-state index in [0.29, 0.717) is 12.1 Å². The van der Waals surface area contributed by atoms with Gasteiger partial charge in [-0.3, -0.25) is 0 Å². The van der Waals surface area contributed by atoms with Gasteiger partial charge in [-0.25, -0.2) is 4.68 Å². The van der Waals surface area contributed by atoms with E-state index in [1.165, 1.54) is 0 Å². The van der Waals surface area contributed by atoms with Gasteiger partial charge in [0.15, 0.2) is 0 Å². The second kappa shape index (κ2) is 5.46. The lowest BCUT2D eigenvalue weighted by molar-refractivity contribution is 0.330. The van der Waals surface area contributed by atoms with Crippen molar-refractivity contribution in [2.45, 2.75) is 25.4 Å². The van der Waals surface area contributed by atoms with E-state index in [1.807, 2.05) is 35.1 Å². The zero-order chi connectivity index (χ0) is 14.1. The molecule has 1 N–H and O–H groups in total. The van der Waals surface area contributed by atoms with Crippen LogP contribution >= 0.6 is 11.6 Å². The molecule has 1 aliphatic heterocycles. The van der Waals surface area contributed by atoms with Crippen LogP contribution < -0.4 is 5.32 Å². The van der Waals surface area contributed by atoms with Gasteiger partial charge in [-0.2, -0.15) is 5.10 Å². The van der Waals surface area contributed by atoms with Crippen molar-refractivity contribution in [2.24, 2.45) is 0 Å². The molecule has 5 heteroatoms. The summed E-state index contributed by atoms with van der Waals surface area (Å²) in [7, 11) is 2.17. The second-order valence-electron chi connectivity index (χ2n) is 5.48. The summed E-state index contributed by atoms with van der Waals surface area (Å²) in [6.45, 7) is 3.31. The number of halogens is 1. The molecular formula is C15H19ClN4. The minimum absolute atomic E-state index is 0.447. The van der Waals surface area contributed by atoms with E-state index in [9.17, 15) is 0 Å². The predicted octanol–water partition coefficient (Wildman–Crippen LogP) is 3.03. The van der Waals surface area contributed by atoms with Crippen LogP contribution in [0.1, 0.15) is 13.3 Å². The van der Waals surface area contributed by atoms with Gasteiger partial charge in [0.1, 0.15) is 0 Å². The van der Waals surface area contributed by atoms with E-state index >= 15 is 0 Å². The molecule has 0 saturated carbocycles. The van der Waals surface area contributed by atoms with Crippen molar-refractivity contribution >= 4 is 17.3 Å². The third kappa shape index (κ3) is 2.67. The summed E-state index contributed by atoms with van der Waals surface area (Å²) in [5.41, 5.74) is 2.07. The number of hydrogen-bond acceptors (Lipinski definition) is 3. The van der Waals surface area contributed by atoms with Gasteiger partial charge < -0.3 is 10.2 Å². The number of benzene rings is 1. The van der Waals surface area contributed by atoms with Gasteiger partial charge in [-0.1, -0.05) is 11.6 Å². The molecule has 2 unspecified atom stereocenters. The van der Waals surface area contributed by atoms with E-state index in [1.54, 1.807) is 6.20 Å². The summed E-state index contributed by atoms with van der Waals surface area (Å²) in [6.07, 6.45) is 4.86. The van der Waals surface area contributed by atoms with Crippen LogP contribution in [0.5, 0.6) is 0 Å². The Hall–Kier alpha value is -1.52. The van der Waals surface area contributed by atoms with Gasteiger partial charge in [-0.05, 0) is 44.7 Å². The molecule has 1 aromatic heterocycles. The highest BCUT2D eigenvalue weighted by molar-refractivity contribution is 6.31. The molecule has 1 fully saturated rings. The van der Waals surface area contributed by atoms with Gasteiger partial charge in [0.05, 0.1) is 11.4 Å². The van der Waals surface area contributed by atoms with Crippen molar-refractivity contribution in [3.63, 3.8) is 0 Å². The maximum atomic E-state index is 6.14. The first-order chi connectivity index (χ1) is 9.63. The lowest BCUT2D eigenvalue weighted by Crippen LogP contribution is -2.25. The van der Waals surface area contributed by atoms with Crippen molar-refractivity contribution in [1.82, 2.24) is 14.7 Å².